The lowest BCUT2D eigenvalue weighted by molar-refractivity contribution is 0.0977. The highest BCUT2D eigenvalue weighted by molar-refractivity contribution is 7.90. The minimum absolute atomic E-state index is 0.0104. The van der Waals surface area contributed by atoms with Crippen molar-refractivity contribution < 1.29 is 17.9 Å². The molecule has 1 amide bonds. The minimum atomic E-state index is -4.11. The highest BCUT2D eigenvalue weighted by Crippen LogP contribution is 2.33. The van der Waals surface area contributed by atoms with Crippen LogP contribution in [0.15, 0.2) is 65.0 Å². The van der Waals surface area contributed by atoms with Crippen molar-refractivity contribution in [1.82, 2.24) is 14.3 Å². The van der Waals surface area contributed by atoms with E-state index < -0.39 is 15.9 Å². The van der Waals surface area contributed by atoms with Crippen LogP contribution in [0.2, 0.25) is 0 Å². The number of para-hydroxylation sites is 1. The van der Waals surface area contributed by atoms with Gasteiger partial charge in [-0.3, -0.25) is 4.79 Å². The van der Waals surface area contributed by atoms with Crippen molar-refractivity contribution in [3.05, 3.63) is 65.8 Å². The third kappa shape index (κ3) is 3.50. The molecule has 0 spiro atoms. The number of thiophene rings is 1. The Bertz CT molecular complexity index is 1320. The number of aromatic nitrogens is 2. The smallest absolute Gasteiger partial charge is 0.285 e. The van der Waals surface area contributed by atoms with Crippen LogP contribution in [0.4, 0.5) is 0 Å². The van der Waals surface area contributed by atoms with E-state index in [1.165, 1.54) is 25.4 Å². The summed E-state index contributed by atoms with van der Waals surface area (Å²) in [6.45, 7) is 0. The first-order valence-corrected chi connectivity index (χ1v) is 11.0. The van der Waals surface area contributed by atoms with Crippen molar-refractivity contribution in [2.24, 2.45) is 7.05 Å². The molecule has 2 aromatic carbocycles. The maximum Gasteiger partial charge on any atom is 0.285 e. The Hall–Kier alpha value is -3.17. The summed E-state index contributed by atoms with van der Waals surface area (Å²) in [7, 11) is -0.983. The normalized spacial score (nSPS) is 11.5. The van der Waals surface area contributed by atoms with Gasteiger partial charge in [0.25, 0.3) is 15.9 Å². The molecule has 0 saturated heterocycles. The third-order valence-corrected chi connectivity index (χ3v) is 6.75. The Labute approximate surface area is 171 Å². The van der Waals surface area contributed by atoms with E-state index in [1.807, 2.05) is 29.6 Å². The van der Waals surface area contributed by atoms with Crippen molar-refractivity contribution >= 4 is 37.4 Å². The van der Waals surface area contributed by atoms with Crippen molar-refractivity contribution in [2.75, 3.05) is 7.11 Å². The molecule has 148 valence electrons. The second-order valence-electron chi connectivity index (χ2n) is 6.29. The zero-order valence-electron chi connectivity index (χ0n) is 15.6. The summed E-state index contributed by atoms with van der Waals surface area (Å²) in [5.74, 6) is -0.0705. The molecule has 0 radical (unpaired) electrons. The molecule has 2 heterocycles. The fourth-order valence-electron chi connectivity index (χ4n) is 3.05. The molecule has 0 aliphatic carbocycles. The standard InChI is InChI=1S/C20H17N3O4S2/c1-23-11-15(21-19(23)14-12-28-17-9-5-3-7-13(14)17)20(24)22-29(25,26)18-10-6-4-8-16(18)27-2/h3-12H,1-2H3,(H,22,24). The fraction of sp³-hybridized carbons (Fsp3) is 0.100. The molecule has 0 aliphatic heterocycles. The van der Waals surface area contributed by atoms with Crippen LogP contribution >= 0.6 is 11.3 Å². The maximum atomic E-state index is 12.6. The van der Waals surface area contributed by atoms with Gasteiger partial charge in [-0.05, 0) is 18.2 Å². The number of aryl methyl sites for hydroxylation is 1. The van der Waals surface area contributed by atoms with Crippen LogP contribution in [0.3, 0.4) is 0 Å². The Morgan fingerprint density at radius 1 is 1.14 bits per heavy atom. The average molecular weight is 428 g/mol. The number of imidazole rings is 1. The summed E-state index contributed by atoms with van der Waals surface area (Å²) in [5, 5.41) is 3.00. The number of nitrogens with zero attached hydrogens (tertiary/aromatic N) is 2. The number of amides is 1. The van der Waals surface area contributed by atoms with E-state index in [4.69, 9.17) is 4.74 Å². The molecule has 0 saturated carbocycles. The highest BCUT2D eigenvalue weighted by atomic mass is 32.2. The number of carbonyl (C=O) groups excluding carboxylic acids is 1. The quantitative estimate of drug-likeness (QED) is 0.527. The lowest BCUT2D eigenvalue weighted by Crippen LogP contribution is -2.31. The molecule has 7 nitrogen and oxygen atoms in total. The van der Waals surface area contributed by atoms with Crippen LogP contribution in [0.25, 0.3) is 21.5 Å². The second-order valence-corrected chi connectivity index (χ2v) is 8.85. The molecule has 9 heteroatoms. The van der Waals surface area contributed by atoms with Gasteiger partial charge in [0.15, 0.2) is 0 Å². The average Bonchev–Trinajstić information content (AvgIpc) is 3.31. The summed E-state index contributed by atoms with van der Waals surface area (Å²) in [5.41, 5.74) is 0.899. The van der Waals surface area contributed by atoms with E-state index >= 15 is 0 Å². The monoisotopic (exact) mass is 427 g/mol. The third-order valence-electron chi connectivity index (χ3n) is 4.42. The van der Waals surface area contributed by atoms with E-state index in [9.17, 15) is 13.2 Å². The van der Waals surface area contributed by atoms with Crippen molar-refractivity contribution in [3.8, 4) is 17.1 Å². The predicted molar refractivity (Wildman–Crippen MR) is 112 cm³/mol. The van der Waals surface area contributed by atoms with Gasteiger partial charge in [-0.15, -0.1) is 11.3 Å². The molecule has 0 unspecified atom stereocenters. The minimum Gasteiger partial charge on any atom is -0.495 e. The van der Waals surface area contributed by atoms with Crippen molar-refractivity contribution in [2.45, 2.75) is 4.90 Å². The van der Waals surface area contributed by atoms with Gasteiger partial charge in [0.2, 0.25) is 0 Å². The van der Waals surface area contributed by atoms with Gasteiger partial charge in [0.1, 0.15) is 22.2 Å². The van der Waals surface area contributed by atoms with Crippen molar-refractivity contribution in [3.63, 3.8) is 0 Å². The van der Waals surface area contributed by atoms with Crippen molar-refractivity contribution in [1.29, 1.82) is 0 Å². The summed E-state index contributed by atoms with van der Waals surface area (Å²) >= 11 is 1.58. The maximum absolute atomic E-state index is 12.6. The molecule has 0 bridgehead atoms. The SMILES string of the molecule is COc1ccccc1S(=O)(=O)NC(=O)c1cn(C)c(-c2csc3ccccc23)n1. The van der Waals surface area contributed by atoms with E-state index in [1.54, 1.807) is 35.1 Å². The van der Waals surface area contributed by atoms with Gasteiger partial charge in [0, 0.05) is 34.3 Å². The number of fused-ring (bicyclic) bond motifs is 1. The lowest BCUT2D eigenvalue weighted by Gasteiger charge is -2.09. The van der Waals surface area contributed by atoms with Crippen LogP contribution in [0.1, 0.15) is 10.5 Å². The van der Waals surface area contributed by atoms with Crippen LogP contribution < -0.4 is 9.46 Å². The Morgan fingerprint density at radius 2 is 1.86 bits per heavy atom. The Morgan fingerprint density at radius 3 is 2.66 bits per heavy atom. The summed E-state index contributed by atoms with van der Waals surface area (Å²) in [6.07, 6.45) is 1.51. The number of hydrogen-bond donors (Lipinski definition) is 1. The molecule has 0 fully saturated rings. The summed E-state index contributed by atoms with van der Waals surface area (Å²) < 4.78 is 35.3. The molecule has 4 aromatic rings. The van der Waals surface area contributed by atoms with Gasteiger partial charge in [-0.2, -0.15) is 0 Å². The molecule has 1 N–H and O–H groups in total. The number of methoxy groups -OCH3 is 1. The van der Waals surface area contributed by atoms with Gasteiger partial charge < -0.3 is 9.30 Å². The van der Waals surface area contributed by atoms with E-state index in [0.717, 1.165) is 15.6 Å². The lowest BCUT2D eigenvalue weighted by atomic mass is 10.2. The fourth-order valence-corrected chi connectivity index (χ4v) is 5.12. The molecule has 2 aromatic heterocycles. The summed E-state index contributed by atoms with van der Waals surface area (Å²) in [6, 6.07) is 14.0. The largest absolute Gasteiger partial charge is 0.495 e. The zero-order chi connectivity index (χ0) is 20.6. The molecule has 29 heavy (non-hydrogen) atoms. The first-order chi connectivity index (χ1) is 13.9. The second kappa shape index (κ2) is 7.34. The zero-order valence-corrected chi connectivity index (χ0v) is 17.3. The number of sulfonamides is 1. The van der Waals surface area contributed by atoms with Gasteiger partial charge in [0.05, 0.1) is 7.11 Å². The first kappa shape index (κ1) is 19.2. The first-order valence-electron chi connectivity index (χ1n) is 8.61. The molecular weight excluding hydrogens is 410 g/mol. The van der Waals surface area contributed by atoms with E-state index in [2.05, 4.69) is 9.71 Å². The molecule has 0 atom stereocenters. The summed E-state index contributed by atoms with van der Waals surface area (Å²) in [4.78, 5) is 16.9. The Kier molecular flexibility index (Phi) is 4.85. The Balaban J connectivity index is 1.66. The van der Waals surface area contributed by atoms with Gasteiger partial charge in [-0.1, -0.05) is 30.3 Å². The van der Waals surface area contributed by atoms with Crippen LogP contribution in [0.5, 0.6) is 5.75 Å². The number of rotatable bonds is 5. The van der Waals surface area contributed by atoms with Crippen LogP contribution in [-0.2, 0) is 17.1 Å². The number of nitrogens with one attached hydrogen (secondary N) is 1. The molecule has 0 aliphatic rings. The van der Waals surface area contributed by atoms with Gasteiger partial charge >= 0.3 is 0 Å². The van der Waals surface area contributed by atoms with E-state index in [0.29, 0.717) is 5.82 Å². The van der Waals surface area contributed by atoms with E-state index in [-0.39, 0.29) is 16.3 Å². The number of benzene rings is 2. The van der Waals surface area contributed by atoms with Crippen LogP contribution in [0, 0.1) is 0 Å². The molecule has 4 rings (SSSR count). The number of ether oxygens (including phenoxy) is 1. The van der Waals surface area contributed by atoms with Gasteiger partial charge in [-0.25, -0.2) is 18.1 Å². The predicted octanol–water partition coefficient (Wildman–Crippen LogP) is 3.43. The molecular formula is C20H17N3O4S2. The number of carbonyl (C=O) groups is 1. The highest BCUT2D eigenvalue weighted by Gasteiger charge is 2.24. The number of hydrogen-bond acceptors (Lipinski definition) is 6. The van der Waals surface area contributed by atoms with Crippen LogP contribution in [-0.4, -0.2) is 31.0 Å². The topological polar surface area (TPSA) is 90.3 Å².